The summed E-state index contributed by atoms with van der Waals surface area (Å²) in [6, 6.07) is 0. The van der Waals surface area contributed by atoms with E-state index < -0.39 is 10.0 Å². The van der Waals surface area contributed by atoms with Crippen molar-refractivity contribution in [1.82, 2.24) is 23.9 Å². The lowest BCUT2D eigenvalue weighted by Gasteiger charge is -2.21. The third-order valence-electron chi connectivity index (χ3n) is 4.34. The first-order chi connectivity index (χ1) is 11.8. The number of amides is 1. The van der Waals surface area contributed by atoms with Gasteiger partial charge in [-0.25, -0.2) is 13.4 Å². The van der Waals surface area contributed by atoms with Gasteiger partial charge in [0, 0.05) is 33.2 Å². The van der Waals surface area contributed by atoms with E-state index in [-0.39, 0.29) is 23.1 Å². The molecular formula is C15H21N5O4S. The van der Waals surface area contributed by atoms with E-state index >= 15 is 0 Å². The van der Waals surface area contributed by atoms with Crippen LogP contribution in [0.4, 0.5) is 0 Å². The van der Waals surface area contributed by atoms with E-state index in [4.69, 9.17) is 4.52 Å². The lowest BCUT2D eigenvalue weighted by Crippen LogP contribution is -2.38. The molecule has 9 nitrogen and oxygen atoms in total. The number of hydrogen-bond donors (Lipinski definition) is 0. The van der Waals surface area contributed by atoms with Gasteiger partial charge in [-0.05, 0) is 20.3 Å². The van der Waals surface area contributed by atoms with Gasteiger partial charge in [0.2, 0.25) is 10.0 Å². The predicted molar refractivity (Wildman–Crippen MR) is 88.5 cm³/mol. The summed E-state index contributed by atoms with van der Waals surface area (Å²) in [7, 11) is -1.94. The molecule has 0 bridgehead atoms. The largest absolute Gasteiger partial charge is 0.360 e. The van der Waals surface area contributed by atoms with E-state index in [0.29, 0.717) is 37.4 Å². The second-order valence-electron chi connectivity index (χ2n) is 6.09. The quantitative estimate of drug-likeness (QED) is 0.786. The molecule has 1 saturated heterocycles. The molecule has 136 valence electrons. The number of carbonyl (C=O) groups excluding carboxylic acids is 1. The first kappa shape index (κ1) is 17.6. The summed E-state index contributed by atoms with van der Waals surface area (Å²) in [5, 5.41) is 3.73. The van der Waals surface area contributed by atoms with Crippen LogP contribution in [0.3, 0.4) is 0 Å². The Morgan fingerprint density at radius 3 is 2.56 bits per heavy atom. The summed E-state index contributed by atoms with van der Waals surface area (Å²) in [5.41, 5.74) is 0.839. The highest BCUT2D eigenvalue weighted by Gasteiger charge is 2.33. The average molecular weight is 367 g/mol. The monoisotopic (exact) mass is 367 g/mol. The SMILES string of the molecule is Cc1noc(C)c1S(=O)(=O)N1CCCN(C(=O)c2cncn2C)CC1. The van der Waals surface area contributed by atoms with Crippen LogP contribution in [0.2, 0.25) is 0 Å². The molecule has 1 amide bonds. The van der Waals surface area contributed by atoms with Crippen molar-refractivity contribution in [2.45, 2.75) is 25.2 Å². The van der Waals surface area contributed by atoms with Crippen LogP contribution in [0.5, 0.6) is 0 Å². The Morgan fingerprint density at radius 1 is 1.20 bits per heavy atom. The normalized spacial score (nSPS) is 16.8. The van der Waals surface area contributed by atoms with Crippen LogP contribution < -0.4 is 0 Å². The molecule has 1 aliphatic rings. The second-order valence-corrected chi connectivity index (χ2v) is 7.97. The van der Waals surface area contributed by atoms with Gasteiger partial charge in [-0.3, -0.25) is 4.79 Å². The van der Waals surface area contributed by atoms with Crippen LogP contribution in [0, 0.1) is 13.8 Å². The fourth-order valence-corrected chi connectivity index (χ4v) is 4.80. The zero-order chi connectivity index (χ0) is 18.2. The zero-order valence-electron chi connectivity index (χ0n) is 14.5. The fourth-order valence-electron chi connectivity index (χ4n) is 3.03. The molecule has 0 aromatic carbocycles. The molecule has 0 radical (unpaired) electrons. The van der Waals surface area contributed by atoms with Gasteiger partial charge in [-0.1, -0.05) is 5.16 Å². The van der Waals surface area contributed by atoms with Crippen molar-refractivity contribution in [2.24, 2.45) is 7.05 Å². The lowest BCUT2D eigenvalue weighted by atomic mass is 10.3. The smallest absolute Gasteiger partial charge is 0.272 e. The number of carbonyl (C=O) groups is 1. The Bertz CT molecular complexity index is 866. The molecule has 1 fully saturated rings. The van der Waals surface area contributed by atoms with Gasteiger partial charge in [-0.15, -0.1) is 0 Å². The number of aromatic nitrogens is 3. The molecule has 3 rings (SSSR count). The van der Waals surface area contributed by atoms with Gasteiger partial charge in [0.1, 0.15) is 16.3 Å². The summed E-state index contributed by atoms with van der Waals surface area (Å²) in [5.74, 6) is 0.140. The van der Waals surface area contributed by atoms with Crippen LogP contribution in [0.25, 0.3) is 0 Å². The molecule has 3 heterocycles. The van der Waals surface area contributed by atoms with Crippen molar-refractivity contribution in [3.8, 4) is 0 Å². The van der Waals surface area contributed by atoms with Crippen molar-refractivity contribution in [3.63, 3.8) is 0 Å². The molecule has 0 aliphatic carbocycles. The fraction of sp³-hybridized carbons (Fsp3) is 0.533. The van der Waals surface area contributed by atoms with Crippen molar-refractivity contribution < 1.29 is 17.7 Å². The van der Waals surface area contributed by atoms with E-state index in [1.807, 2.05) is 0 Å². The summed E-state index contributed by atoms with van der Waals surface area (Å²) in [6.07, 6.45) is 3.65. The number of aryl methyl sites for hydroxylation is 3. The van der Waals surface area contributed by atoms with E-state index in [1.165, 1.54) is 10.5 Å². The number of hydrogen-bond acceptors (Lipinski definition) is 6. The number of imidazole rings is 1. The Kier molecular flexibility index (Phi) is 4.65. The van der Waals surface area contributed by atoms with Crippen LogP contribution >= 0.6 is 0 Å². The molecule has 2 aromatic rings. The molecule has 10 heteroatoms. The number of sulfonamides is 1. The summed E-state index contributed by atoms with van der Waals surface area (Å²) < 4.78 is 33.9. The standard InChI is InChI=1S/C15H21N5O4S/c1-11-14(12(2)24-17-11)25(22,23)20-6-4-5-19(7-8-20)15(21)13-9-16-10-18(13)3/h9-10H,4-8H2,1-3H3. The van der Waals surface area contributed by atoms with Gasteiger partial charge in [0.15, 0.2) is 5.76 Å². The van der Waals surface area contributed by atoms with Gasteiger partial charge in [-0.2, -0.15) is 4.31 Å². The molecular weight excluding hydrogens is 346 g/mol. The van der Waals surface area contributed by atoms with Crippen molar-refractivity contribution >= 4 is 15.9 Å². The topological polar surface area (TPSA) is 102 Å². The zero-order valence-corrected chi connectivity index (χ0v) is 15.3. The van der Waals surface area contributed by atoms with Crippen molar-refractivity contribution in [3.05, 3.63) is 29.7 Å². The molecule has 0 atom stereocenters. The highest BCUT2D eigenvalue weighted by Crippen LogP contribution is 2.24. The summed E-state index contributed by atoms with van der Waals surface area (Å²) in [6.45, 7) is 4.60. The number of nitrogens with zero attached hydrogens (tertiary/aromatic N) is 5. The Hall–Kier alpha value is -2.20. The van der Waals surface area contributed by atoms with Crippen molar-refractivity contribution in [1.29, 1.82) is 0 Å². The van der Waals surface area contributed by atoms with Crippen LogP contribution in [0.15, 0.2) is 21.9 Å². The van der Waals surface area contributed by atoms with E-state index in [0.717, 1.165) is 0 Å². The van der Waals surface area contributed by atoms with Crippen molar-refractivity contribution in [2.75, 3.05) is 26.2 Å². The first-order valence-corrected chi connectivity index (χ1v) is 9.45. The third-order valence-corrected chi connectivity index (χ3v) is 6.49. The maximum atomic E-state index is 12.9. The minimum absolute atomic E-state index is 0.124. The highest BCUT2D eigenvalue weighted by atomic mass is 32.2. The summed E-state index contributed by atoms with van der Waals surface area (Å²) in [4.78, 5) is 18.4. The van der Waals surface area contributed by atoms with E-state index in [1.54, 1.807) is 36.7 Å². The number of rotatable bonds is 3. The first-order valence-electron chi connectivity index (χ1n) is 8.01. The minimum atomic E-state index is -3.69. The van der Waals surface area contributed by atoms with Crippen LogP contribution in [-0.4, -0.2) is 64.4 Å². The molecule has 0 saturated carbocycles. The predicted octanol–water partition coefficient (Wildman–Crippen LogP) is 0.562. The van der Waals surface area contributed by atoms with E-state index in [9.17, 15) is 13.2 Å². The molecule has 0 N–H and O–H groups in total. The highest BCUT2D eigenvalue weighted by molar-refractivity contribution is 7.89. The van der Waals surface area contributed by atoms with E-state index in [2.05, 4.69) is 10.1 Å². The van der Waals surface area contributed by atoms with Gasteiger partial charge >= 0.3 is 0 Å². The maximum Gasteiger partial charge on any atom is 0.272 e. The molecule has 2 aromatic heterocycles. The van der Waals surface area contributed by atoms with Gasteiger partial charge in [0.05, 0.1) is 12.5 Å². The molecule has 0 unspecified atom stereocenters. The second kappa shape index (κ2) is 6.60. The molecule has 1 aliphatic heterocycles. The minimum Gasteiger partial charge on any atom is -0.360 e. The Balaban J connectivity index is 1.78. The van der Waals surface area contributed by atoms with Crippen LogP contribution in [0.1, 0.15) is 28.4 Å². The lowest BCUT2D eigenvalue weighted by molar-refractivity contribution is 0.0754. The Morgan fingerprint density at radius 2 is 1.96 bits per heavy atom. The molecule has 25 heavy (non-hydrogen) atoms. The summed E-state index contributed by atoms with van der Waals surface area (Å²) >= 11 is 0. The average Bonchev–Trinajstić information content (AvgIpc) is 3.02. The van der Waals surface area contributed by atoms with Crippen LogP contribution in [-0.2, 0) is 17.1 Å². The maximum absolute atomic E-state index is 12.9. The van der Waals surface area contributed by atoms with Gasteiger partial charge < -0.3 is 14.0 Å². The Labute approximate surface area is 146 Å². The van der Waals surface area contributed by atoms with Gasteiger partial charge in [0.25, 0.3) is 5.91 Å². The third kappa shape index (κ3) is 3.19. The molecule has 0 spiro atoms.